The van der Waals surface area contributed by atoms with Crippen molar-refractivity contribution in [1.29, 1.82) is 0 Å². The van der Waals surface area contributed by atoms with Gasteiger partial charge in [0, 0.05) is 5.92 Å². The molecule has 3 heteroatoms. The fourth-order valence-corrected chi connectivity index (χ4v) is 0.811. The molecular formula is C12H18O3. The molecule has 0 radical (unpaired) electrons. The second kappa shape index (κ2) is 8.32. The van der Waals surface area contributed by atoms with Gasteiger partial charge in [0.15, 0.2) is 0 Å². The Labute approximate surface area is 91.8 Å². The maximum atomic E-state index is 9.03. The summed E-state index contributed by atoms with van der Waals surface area (Å²) in [4.78, 5) is 0. The van der Waals surface area contributed by atoms with E-state index in [1.807, 2.05) is 0 Å². The van der Waals surface area contributed by atoms with E-state index in [4.69, 9.17) is 27.4 Å². The van der Waals surface area contributed by atoms with Crippen LogP contribution in [0.2, 0.25) is 0 Å². The second-order valence-electron chi connectivity index (χ2n) is 3.33. The van der Waals surface area contributed by atoms with Crippen molar-refractivity contribution in [3.05, 3.63) is 0 Å². The van der Waals surface area contributed by atoms with Crippen LogP contribution < -0.4 is 0 Å². The summed E-state index contributed by atoms with van der Waals surface area (Å²) in [5.74, 6) is 4.80. The van der Waals surface area contributed by atoms with E-state index in [0.29, 0.717) is 13.2 Å². The Balaban J connectivity index is 3.75. The zero-order valence-corrected chi connectivity index (χ0v) is 9.27. The van der Waals surface area contributed by atoms with Crippen molar-refractivity contribution in [2.45, 2.75) is 26.1 Å². The molecule has 2 atom stereocenters. The van der Waals surface area contributed by atoms with Gasteiger partial charge in [-0.05, 0) is 13.8 Å². The van der Waals surface area contributed by atoms with E-state index in [1.165, 1.54) is 0 Å². The summed E-state index contributed by atoms with van der Waals surface area (Å²) in [6.45, 7) is 4.30. The van der Waals surface area contributed by atoms with Crippen LogP contribution in [0, 0.1) is 30.6 Å². The van der Waals surface area contributed by atoms with Crippen LogP contribution in [0.5, 0.6) is 0 Å². The predicted octanol–water partition coefficient (Wildman–Crippen LogP) is 0.671. The molecule has 0 saturated carbocycles. The summed E-state index contributed by atoms with van der Waals surface area (Å²) in [6.07, 6.45) is 9.80. The Kier molecular flexibility index (Phi) is 7.77. The van der Waals surface area contributed by atoms with E-state index in [0.717, 1.165) is 0 Å². The van der Waals surface area contributed by atoms with Crippen LogP contribution in [0.15, 0.2) is 0 Å². The highest BCUT2D eigenvalue weighted by atomic mass is 16.5. The summed E-state index contributed by atoms with van der Waals surface area (Å²) in [5.41, 5.74) is 0. The number of aliphatic hydroxyl groups excluding tert-OH is 1. The molecule has 1 N–H and O–H groups in total. The van der Waals surface area contributed by atoms with Crippen molar-refractivity contribution < 1.29 is 14.6 Å². The Hall–Kier alpha value is -1.00. The van der Waals surface area contributed by atoms with Gasteiger partial charge in [0.1, 0.15) is 12.2 Å². The van der Waals surface area contributed by atoms with Gasteiger partial charge in [0.25, 0.3) is 0 Å². The number of hydrogen-bond acceptors (Lipinski definition) is 3. The molecule has 0 aromatic heterocycles. The molecule has 0 spiro atoms. The molecule has 3 nitrogen and oxygen atoms in total. The highest BCUT2D eigenvalue weighted by Gasteiger charge is 2.11. The molecule has 0 rings (SSSR count). The highest BCUT2D eigenvalue weighted by molar-refractivity contribution is 4.92. The predicted molar refractivity (Wildman–Crippen MR) is 59.1 cm³/mol. The lowest BCUT2D eigenvalue weighted by Gasteiger charge is -2.17. The second-order valence-corrected chi connectivity index (χ2v) is 3.33. The first-order chi connectivity index (χ1) is 7.13. The fraction of sp³-hybridized carbons (Fsp3) is 0.667. The van der Waals surface area contributed by atoms with Crippen molar-refractivity contribution in [1.82, 2.24) is 0 Å². The van der Waals surface area contributed by atoms with Gasteiger partial charge in [0.05, 0.1) is 19.8 Å². The molecule has 0 bridgehead atoms. The molecule has 0 aromatic rings. The van der Waals surface area contributed by atoms with E-state index in [2.05, 4.69) is 11.8 Å². The Morgan fingerprint density at radius 1 is 1.07 bits per heavy atom. The van der Waals surface area contributed by atoms with E-state index in [-0.39, 0.29) is 24.7 Å². The molecule has 0 heterocycles. The standard InChI is InChI=1S/C12H18O3/c1-5-10(3)14-8-12(7-13)9-15-11(4)6-2/h1-2,10-13H,7-9H2,3-4H3. The number of hydrogen-bond donors (Lipinski definition) is 1. The normalized spacial score (nSPS) is 16.1. The molecule has 2 unspecified atom stereocenters. The van der Waals surface area contributed by atoms with Gasteiger partial charge in [-0.2, -0.15) is 0 Å². The first-order valence-corrected chi connectivity index (χ1v) is 4.90. The smallest absolute Gasteiger partial charge is 0.115 e. The SMILES string of the molecule is C#CC(C)OCC(CO)COC(C)C#C. The van der Waals surface area contributed by atoms with Crippen LogP contribution in [0.4, 0.5) is 0 Å². The van der Waals surface area contributed by atoms with Crippen LogP contribution in [-0.4, -0.2) is 37.1 Å². The quantitative estimate of drug-likeness (QED) is 0.628. The third-order valence-corrected chi connectivity index (χ3v) is 1.89. The average molecular weight is 210 g/mol. The largest absolute Gasteiger partial charge is 0.396 e. The molecule has 0 aliphatic carbocycles. The summed E-state index contributed by atoms with van der Waals surface area (Å²) >= 11 is 0. The van der Waals surface area contributed by atoms with E-state index in [1.54, 1.807) is 13.8 Å². The number of terminal acetylenes is 2. The summed E-state index contributed by atoms with van der Waals surface area (Å²) < 4.78 is 10.6. The highest BCUT2D eigenvalue weighted by Crippen LogP contribution is 2.02. The van der Waals surface area contributed by atoms with Crippen LogP contribution >= 0.6 is 0 Å². The molecule has 84 valence electrons. The maximum absolute atomic E-state index is 9.03. The summed E-state index contributed by atoms with van der Waals surface area (Å²) in [7, 11) is 0. The van der Waals surface area contributed by atoms with Gasteiger partial charge in [0.2, 0.25) is 0 Å². The van der Waals surface area contributed by atoms with E-state index >= 15 is 0 Å². The lowest BCUT2D eigenvalue weighted by Crippen LogP contribution is -2.24. The molecule has 0 aliphatic rings. The van der Waals surface area contributed by atoms with Crippen LogP contribution in [0.3, 0.4) is 0 Å². The third kappa shape index (κ3) is 6.99. The van der Waals surface area contributed by atoms with Crippen molar-refractivity contribution in [3.63, 3.8) is 0 Å². The van der Waals surface area contributed by atoms with Crippen LogP contribution in [0.25, 0.3) is 0 Å². The van der Waals surface area contributed by atoms with Gasteiger partial charge in [-0.3, -0.25) is 0 Å². The lowest BCUT2D eigenvalue weighted by molar-refractivity contribution is -0.00420. The molecule has 0 amide bonds. The minimum atomic E-state index is -0.246. The first-order valence-electron chi connectivity index (χ1n) is 4.90. The van der Waals surface area contributed by atoms with Gasteiger partial charge in [-0.25, -0.2) is 0 Å². The molecule has 15 heavy (non-hydrogen) atoms. The van der Waals surface area contributed by atoms with Gasteiger partial charge in [-0.1, -0.05) is 11.8 Å². The first kappa shape index (κ1) is 14.0. The fourth-order valence-electron chi connectivity index (χ4n) is 0.811. The van der Waals surface area contributed by atoms with E-state index < -0.39 is 0 Å². The minimum absolute atomic E-state index is 0.00537. The number of ether oxygens (including phenoxy) is 2. The maximum Gasteiger partial charge on any atom is 0.115 e. The van der Waals surface area contributed by atoms with Crippen molar-refractivity contribution >= 4 is 0 Å². The zero-order chi connectivity index (χ0) is 11.7. The van der Waals surface area contributed by atoms with Crippen LogP contribution in [-0.2, 0) is 9.47 Å². The molecular weight excluding hydrogens is 192 g/mol. The Bertz CT molecular complexity index is 212. The lowest BCUT2D eigenvalue weighted by atomic mass is 10.2. The number of aliphatic hydroxyl groups is 1. The topological polar surface area (TPSA) is 38.7 Å². The van der Waals surface area contributed by atoms with Crippen molar-refractivity contribution in [2.24, 2.45) is 5.92 Å². The summed E-state index contributed by atoms with van der Waals surface area (Å²) in [6, 6.07) is 0. The molecule has 0 aliphatic heterocycles. The summed E-state index contributed by atoms with van der Waals surface area (Å²) in [5, 5.41) is 9.03. The van der Waals surface area contributed by atoms with Gasteiger partial charge < -0.3 is 14.6 Å². The van der Waals surface area contributed by atoms with Crippen molar-refractivity contribution in [2.75, 3.05) is 19.8 Å². The van der Waals surface area contributed by atoms with Gasteiger partial charge >= 0.3 is 0 Å². The van der Waals surface area contributed by atoms with Crippen LogP contribution in [0.1, 0.15) is 13.8 Å². The average Bonchev–Trinajstić information content (AvgIpc) is 2.28. The molecule has 0 saturated heterocycles. The minimum Gasteiger partial charge on any atom is -0.396 e. The number of rotatable bonds is 7. The monoisotopic (exact) mass is 210 g/mol. The molecule has 0 fully saturated rings. The molecule has 0 aromatic carbocycles. The van der Waals surface area contributed by atoms with Crippen molar-refractivity contribution in [3.8, 4) is 24.7 Å². The van der Waals surface area contributed by atoms with E-state index in [9.17, 15) is 0 Å². The Morgan fingerprint density at radius 2 is 1.47 bits per heavy atom. The third-order valence-electron chi connectivity index (χ3n) is 1.89. The van der Waals surface area contributed by atoms with Gasteiger partial charge in [-0.15, -0.1) is 12.8 Å². The zero-order valence-electron chi connectivity index (χ0n) is 9.27. The Morgan fingerprint density at radius 3 is 1.73 bits per heavy atom.